The minimum Gasteiger partial charge on any atom is -0.271 e. The van der Waals surface area contributed by atoms with Gasteiger partial charge in [-0.2, -0.15) is 0 Å². The van der Waals surface area contributed by atoms with Crippen molar-refractivity contribution in [3.8, 4) is 0 Å². The lowest BCUT2D eigenvalue weighted by molar-refractivity contribution is 0.564. The van der Waals surface area contributed by atoms with Gasteiger partial charge in [0.05, 0.1) is 6.04 Å². The van der Waals surface area contributed by atoms with Gasteiger partial charge in [-0.05, 0) is 42.1 Å². The summed E-state index contributed by atoms with van der Waals surface area (Å²) >= 11 is 3.43. The second-order valence-corrected chi connectivity index (χ2v) is 7.34. The highest BCUT2D eigenvalue weighted by Crippen LogP contribution is 2.32. The Balaban J connectivity index is 1.86. The zero-order chi connectivity index (χ0) is 14.8. The summed E-state index contributed by atoms with van der Waals surface area (Å²) < 4.78 is 14.2. The fourth-order valence-electron chi connectivity index (χ4n) is 2.36. The van der Waals surface area contributed by atoms with Crippen LogP contribution < -0.4 is 11.3 Å². The van der Waals surface area contributed by atoms with Crippen LogP contribution in [0.1, 0.15) is 27.6 Å². The van der Waals surface area contributed by atoms with Crippen LogP contribution in [0.5, 0.6) is 0 Å². The zero-order valence-electron chi connectivity index (χ0n) is 11.7. The number of halogens is 1. The number of hydrogen-bond donors (Lipinski definition) is 2. The third kappa shape index (κ3) is 3.16. The van der Waals surface area contributed by atoms with Crippen molar-refractivity contribution in [1.82, 2.24) is 5.43 Å². The second kappa shape index (κ2) is 6.23. The maximum atomic E-state index is 13.3. The van der Waals surface area contributed by atoms with Gasteiger partial charge in [-0.1, -0.05) is 13.0 Å². The highest BCUT2D eigenvalue weighted by molar-refractivity contribution is 7.19. The van der Waals surface area contributed by atoms with Gasteiger partial charge in [-0.15, -0.1) is 22.7 Å². The van der Waals surface area contributed by atoms with E-state index in [0.29, 0.717) is 0 Å². The molecule has 3 rings (SSSR count). The standard InChI is InChI=1S/C16H17FN2S2/c1-2-12-5-6-13(20-12)9-14(19-18)16-7-10-3-4-11(17)8-15(10)21-16/h3-8,14,19H,2,9,18H2,1H3. The number of hydrazine groups is 1. The third-order valence-corrected chi connectivity index (χ3v) is 5.98. The average molecular weight is 320 g/mol. The molecular formula is C16H17FN2S2. The summed E-state index contributed by atoms with van der Waals surface area (Å²) in [7, 11) is 0. The first kappa shape index (κ1) is 14.7. The molecule has 1 atom stereocenters. The summed E-state index contributed by atoms with van der Waals surface area (Å²) in [6.45, 7) is 2.16. The summed E-state index contributed by atoms with van der Waals surface area (Å²) in [5.41, 5.74) is 2.89. The molecular weight excluding hydrogens is 303 g/mol. The number of fused-ring (bicyclic) bond motifs is 1. The first-order chi connectivity index (χ1) is 10.2. The van der Waals surface area contributed by atoms with Crippen LogP contribution in [0.3, 0.4) is 0 Å². The Morgan fingerprint density at radius 2 is 1.95 bits per heavy atom. The van der Waals surface area contributed by atoms with Gasteiger partial charge < -0.3 is 0 Å². The predicted octanol–water partition coefficient (Wildman–Crippen LogP) is 4.41. The molecule has 0 aliphatic carbocycles. The van der Waals surface area contributed by atoms with Crippen molar-refractivity contribution in [2.75, 3.05) is 0 Å². The maximum absolute atomic E-state index is 13.3. The Morgan fingerprint density at radius 3 is 2.67 bits per heavy atom. The van der Waals surface area contributed by atoms with Gasteiger partial charge in [-0.25, -0.2) is 4.39 Å². The fraction of sp³-hybridized carbons (Fsp3) is 0.250. The van der Waals surface area contributed by atoms with E-state index >= 15 is 0 Å². The number of hydrogen-bond acceptors (Lipinski definition) is 4. The van der Waals surface area contributed by atoms with Crippen LogP contribution in [0, 0.1) is 5.82 Å². The molecule has 1 unspecified atom stereocenters. The summed E-state index contributed by atoms with van der Waals surface area (Å²) in [4.78, 5) is 3.85. The molecule has 3 aromatic rings. The smallest absolute Gasteiger partial charge is 0.124 e. The van der Waals surface area contributed by atoms with E-state index in [-0.39, 0.29) is 11.9 Å². The minimum absolute atomic E-state index is 0.0637. The molecule has 0 aliphatic rings. The Bertz CT molecular complexity index is 748. The lowest BCUT2D eigenvalue weighted by Gasteiger charge is -2.12. The molecule has 110 valence electrons. The van der Waals surface area contributed by atoms with Crippen molar-refractivity contribution in [3.05, 3.63) is 56.8 Å². The number of nitrogens with one attached hydrogen (secondary N) is 1. The van der Waals surface area contributed by atoms with Crippen molar-refractivity contribution in [1.29, 1.82) is 0 Å². The molecule has 5 heteroatoms. The van der Waals surface area contributed by atoms with Crippen LogP contribution in [0.25, 0.3) is 10.1 Å². The minimum atomic E-state index is -0.195. The molecule has 2 nitrogen and oxygen atoms in total. The Labute approximate surface area is 131 Å². The Morgan fingerprint density at radius 1 is 1.14 bits per heavy atom. The molecule has 0 bridgehead atoms. The van der Waals surface area contributed by atoms with E-state index in [1.54, 1.807) is 17.4 Å². The quantitative estimate of drug-likeness (QED) is 0.540. The van der Waals surface area contributed by atoms with Gasteiger partial charge in [0.15, 0.2) is 0 Å². The van der Waals surface area contributed by atoms with Gasteiger partial charge in [0.2, 0.25) is 0 Å². The Hall–Kier alpha value is -1.27. The van der Waals surface area contributed by atoms with Crippen LogP contribution in [0.4, 0.5) is 4.39 Å². The molecule has 0 radical (unpaired) electrons. The van der Waals surface area contributed by atoms with Crippen LogP contribution in [0.15, 0.2) is 36.4 Å². The fourth-order valence-corrected chi connectivity index (χ4v) is 4.52. The lowest BCUT2D eigenvalue weighted by Crippen LogP contribution is -2.28. The zero-order valence-corrected chi connectivity index (χ0v) is 13.4. The lowest BCUT2D eigenvalue weighted by atomic mass is 10.1. The van der Waals surface area contributed by atoms with E-state index in [0.717, 1.165) is 27.8 Å². The molecule has 1 aromatic carbocycles. The number of rotatable bonds is 5. The van der Waals surface area contributed by atoms with E-state index in [2.05, 4.69) is 30.5 Å². The van der Waals surface area contributed by atoms with E-state index in [4.69, 9.17) is 5.84 Å². The van der Waals surface area contributed by atoms with Crippen molar-refractivity contribution in [2.24, 2.45) is 5.84 Å². The number of nitrogens with two attached hydrogens (primary N) is 1. The van der Waals surface area contributed by atoms with Gasteiger partial charge in [0, 0.05) is 25.8 Å². The summed E-state index contributed by atoms with van der Waals surface area (Å²) in [6.07, 6.45) is 1.92. The van der Waals surface area contributed by atoms with E-state index in [1.165, 1.54) is 15.8 Å². The monoisotopic (exact) mass is 320 g/mol. The highest BCUT2D eigenvalue weighted by atomic mass is 32.1. The molecule has 2 heterocycles. The molecule has 0 amide bonds. The molecule has 21 heavy (non-hydrogen) atoms. The topological polar surface area (TPSA) is 38.0 Å². The first-order valence-electron chi connectivity index (χ1n) is 6.92. The van der Waals surface area contributed by atoms with Crippen LogP contribution in [0.2, 0.25) is 0 Å². The van der Waals surface area contributed by atoms with E-state index in [9.17, 15) is 4.39 Å². The summed E-state index contributed by atoms with van der Waals surface area (Å²) in [5.74, 6) is 5.54. The summed E-state index contributed by atoms with van der Waals surface area (Å²) in [5, 5.41) is 1.07. The van der Waals surface area contributed by atoms with Crippen LogP contribution in [-0.4, -0.2) is 0 Å². The summed E-state index contributed by atoms with van der Waals surface area (Å²) in [6, 6.07) is 11.4. The molecule has 0 aliphatic heterocycles. The second-order valence-electron chi connectivity index (χ2n) is 4.98. The van der Waals surface area contributed by atoms with Gasteiger partial charge in [0.25, 0.3) is 0 Å². The SMILES string of the molecule is CCc1ccc(CC(NN)c2cc3ccc(F)cc3s2)s1. The molecule has 0 saturated carbocycles. The average Bonchev–Trinajstić information content (AvgIpc) is 3.10. The predicted molar refractivity (Wildman–Crippen MR) is 89.2 cm³/mol. The molecule has 0 fully saturated rings. The van der Waals surface area contributed by atoms with E-state index < -0.39 is 0 Å². The van der Waals surface area contributed by atoms with Crippen LogP contribution in [-0.2, 0) is 12.8 Å². The van der Waals surface area contributed by atoms with E-state index in [1.807, 2.05) is 17.4 Å². The number of aryl methyl sites for hydroxylation is 1. The Kier molecular flexibility index (Phi) is 4.35. The van der Waals surface area contributed by atoms with Gasteiger partial charge >= 0.3 is 0 Å². The van der Waals surface area contributed by atoms with Gasteiger partial charge in [0.1, 0.15) is 5.82 Å². The molecule has 3 N–H and O–H groups in total. The number of benzene rings is 1. The third-order valence-electron chi connectivity index (χ3n) is 3.52. The van der Waals surface area contributed by atoms with Crippen molar-refractivity contribution in [2.45, 2.75) is 25.8 Å². The first-order valence-corrected chi connectivity index (χ1v) is 8.55. The molecule has 0 saturated heterocycles. The van der Waals surface area contributed by atoms with Crippen molar-refractivity contribution >= 4 is 32.8 Å². The van der Waals surface area contributed by atoms with Crippen molar-refractivity contribution < 1.29 is 4.39 Å². The normalized spacial score (nSPS) is 12.9. The largest absolute Gasteiger partial charge is 0.271 e. The van der Waals surface area contributed by atoms with Gasteiger partial charge in [-0.3, -0.25) is 11.3 Å². The molecule has 2 aromatic heterocycles. The number of thiophene rings is 2. The molecule has 0 spiro atoms. The van der Waals surface area contributed by atoms with Crippen LogP contribution >= 0.6 is 22.7 Å². The maximum Gasteiger partial charge on any atom is 0.124 e. The highest BCUT2D eigenvalue weighted by Gasteiger charge is 2.15. The van der Waals surface area contributed by atoms with Crippen molar-refractivity contribution in [3.63, 3.8) is 0 Å².